The van der Waals surface area contributed by atoms with Gasteiger partial charge < -0.3 is 20.4 Å². The summed E-state index contributed by atoms with van der Waals surface area (Å²) in [7, 11) is 2.17. The summed E-state index contributed by atoms with van der Waals surface area (Å²) < 4.78 is 0. The molecule has 0 radical (unpaired) electrons. The number of nitrogens with zero attached hydrogens (tertiary/aromatic N) is 4. The molecule has 0 atom stereocenters. The van der Waals surface area contributed by atoms with E-state index in [4.69, 9.17) is 11.6 Å². The second-order valence-electron chi connectivity index (χ2n) is 8.25. The SMILES string of the molecule is CC(C)c1ccc(Nc2nc(Nc3ccc(N4CCN(C)CC4)cc3)ncc2Cl)cc1. The van der Waals surface area contributed by atoms with Crippen LogP contribution in [0.4, 0.5) is 28.8 Å². The lowest BCUT2D eigenvalue weighted by atomic mass is 10.0. The molecule has 4 rings (SSSR count). The molecule has 1 aromatic heterocycles. The average Bonchev–Trinajstić information content (AvgIpc) is 2.78. The molecule has 1 fully saturated rings. The summed E-state index contributed by atoms with van der Waals surface area (Å²) in [6.45, 7) is 8.65. The van der Waals surface area contributed by atoms with Gasteiger partial charge in [0.1, 0.15) is 5.02 Å². The third-order valence-electron chi connectivity index (χ3n) is 5.58. The van der Waals surface area contributed by atoms with Gasteiger partial charge in [0.15, 0.2) is 5.82 Å². The average molecular weight is 437 g/mol. The largest absolute Gasteiger partial charge is 0.369 e. The molecule has 3 aromatic rings. The number of halogens is 1. The minimum atomic E-state index is 0.476. The Bertz CT molecular complexity index is 996. The van der Waals surface area contributed by atoms with Crippen LogP contribution in [0.3, 0.4) is 0 Å². The molecular weight excluding hydrogens is 408 g/mol. The fourth-order valence-electron chi connectivity index (χ4n) is 3.55. The third kappa shape index (κ3) is 5.46. The molecule has 0 aliphatic carbocycles. The molecule has 0 bridgehead atoms. The van der Waals surface area contributed by atoms with Gasteiger partial charge in [0.05, 0.1) is 6.20 Å². The van der Waals surface area contributed by atoms with Crippen LogP contribution in [0.2, 0.25) is 5.02 Å². The van der Waals surface area contributed by atoms with E-state index in [0.717, 1.165) is 37.6 Å². The lowest BCUT2D eigenvalue weighted by Gasteiger charge is -2.34. The van der Waals surface area contributed by atoms with Gasteiger partial charge in [0.2, 0.25) is 5.95 Å². The molecule has 162 valence electrons. The zero-order chi connectivity index (χ0) is 21.8. The Morgan fingerprint density at radius 1 is 0.871 bits per heavy atom. The summed E-state index contributed by atoms with van der Waals surface area (Å²) in [6.07, 6.45) is 1.61. The van der Waals surface area contributed by atoms with Crippen molar-refractivity contribution in [1.29, 1.82) is 0 Å². The van der Waals surface area contributed by atoms with Crippen molar-refractivity contribution in [2.24, 2.45) is 0 Å². The molecular formula is C24H29ClN6. The fourth-order valence-corrected chi connectivity index (χ4v) is 3.69. The maximum Gasteiger partial charge on any atom is 0.229 e. The monoisotopic (exact) mass is 436 g/mol. The van der Waals surface area contributed by atoms with Crippen molar-refractivity contribution in [3.8, 4) is 0 Å². The van der Waals surface area contributed by atoms with E-state index < -0.39 is 0 Å². The van der Waals surface area contributed by atoms with Crippen LogP contribution in [0.5, 0.6) is 0 Å². The molecule has 0 spiro atoms. The number of anilines is 5. The Hall–Kier alpha value is -2.83. The lowest BCUT2D eigenvalue weighted by Crippen LogP contribution is -2.44. The van der Waals surface area contributed by atoms with Crippen LogP contribution in [0.25, 0.3) is 0 Å². The van der Waals surface area contributed by atoms with Crippen molar-refractivity contribution < 1.29 is 0 Å². The van der Waals surface area contributed by atoms with E-state index in [2.05, 4.69) is 87.7 Å². The molecule has 6 nitrogen and oxygen atoms in total. The molecule has 2 aromatic carbocycles. The highest BCUT2D eigenvalue weighted by Gasteiger charge is 2.14. The second-order valence-corrected chi connectivity index (χ2v) is 8.66. The topological polar surface area (TPSA) is 56.3 Å². The van der Waals surface area contributed by atoms with Gasteiger partial charge in [-0.15, -0.1) is 0 Å². The summed E-state index contributed by atoms with van der Waals surface area (Å²) in [4.78, 5) is 13.7. The van der Waals surface area contributed by atoms with Gasteiger partial charge >= 0.3 is 0 Å². The summed E-state index contributed by atoms with van der Waals surface area (Å²) in [5.41, 5.74) is 4.41. The highest BCUT2D eigenvalue weighted by atomic mass is 35.5. The van der Waals surface area contributed by atoms with Crippen molar-refractivity contribution in [2.75, 3.05) is 48.8 Å². The highest BCUT2D eigenvalue weighted by Crippen LogP contribution is 2.27. The quantitative estimate of drug-likeness (QED) is 0.532. The Balaban J connectivity index is 1.43. The number of nitrogens with one attached hydrogen (secondary N) is 2. The van der Waals surface area contributed by atoms with E-state index in [1.54, 1.807) is 6.20 Å². The Labute approximate surface area is 189 Å². The van der Waals surface area contributed by atoms with Crippen LogP contribution in [-0.2, 0) is 0 Å². The summed E-state index contributed by atoms with van der Waals surface area (Å²) in [6, 6.07) is 16.7. The molecule has 1 aliphatic rings. The summed E-state index contributed by atoms with van der Waals surface area (Å²) in [5.74, 6) is 1.57. The molecule has 0 unspecified atom stereocenters. The molecule has 0 saturated carbocycles. The zero-order valence-electron chi connectivity index (χ0n) is 18.3. The van der Waals surface area contributed by atoms with E-state index in [1.165, 1.54) is 11.3 Å². The molecule has 7 heteroatoms. The third-order valence-corrected chi connectivity index (χ3v) is 5.85. The fraction of sp³-hybridized carbons (Fsp3) is 0.333. The Morgan fingerprint density at radius 3 is 2.13 bits per heavy atom. The smallest absolute Gasteiger partial charge is 0.229 e. The molecule has 0 amide bonds. The van der Waals surface area contributed by atoms with Crippen LogP contribution in [0.1, 0.15) is 25.3 Å². The maximum atomic E-state index is 6.32. The van der Waals surface area contributed by atoms with Gasteiger partial charge in [0, 0.05) is 43.2 Å². The van der Waals surface area contributed by atoms with E-state index >= 15 is 0 Å². The molecule has 1 aliphatic heterocycles. The van der Waals surface area contributed by atoms with Crippen molar-refractivity contribution in [3.05, 3.63) is 65.3 Å². The molecule has 2 N–H and O–H groups in total. The minimum absolute atomic E-state index is 0.476. The molecule has 31 heavy (non-hydrogen) atoms. The highest BCUT2D eigenvalue weighted by molar-refractivity contribution is 6.32. The number of benzene rings is 2. The van der Waals surface area contributed by atoms with Crippen LogP contribution >= 0.6 is 11.6 Å². The first-order chi connectivity index (χ1) is 15.0. The Kier molecular flexibility index (Phi) is 6.59. The lowest BCUT2D eigenvalue weighted by molar-refractivity contribution is 0.313. The molecule has 1 saturated heterocycles. The summed E-state index contributed by atoms with van der Waals surface area (Å²) in [5, 5.41) is 7.03. The van der Waals surface area contributed by atoms with Crippen LogP contribution in [0, 0.1) is 0 Å². The second kappa shape index (κ2) is 9.54. The van der Waals surface area contributed by atoms with Gasteiger partial charge in [-0.2, -0.15) is 4.98 Å². The maximum absolute atomic E-state index is 6.32. The van der Waals surface area contributed by atoms with E-state index in [0.29, 0.717) is 22.7 Å². The normalized spacial score (nSPS) is 14.7. The van der Waals surface area contributed by atoms with Gasteiger partial charge in [-0.1, -0.05) is 37.6 Å². The van der Waals surface area contributed by atoms with E-state index in [-0.39, 0.29) is 0 Å². The van der Waals surface area contributed by atoms with Crippen molar-refractivity contribution in [1.82, 2.24) is 14.9 Å². The number of rotatable bonds is 6. The standard InChI is InChI=1S/C24H29ClN6/c1-17(2)18-4-6-19(7-5-18)27-23-22(25)16-26-24(29-23)28-20-8-10-21(11-9-20)31-14-12-30(3)13-15-31/h4-11,16-17H,12-15H2,1-3H3,(H2,26,27,28,29). The predicted octanol–water partition coefficient (Wildman–Crippen LogP) is 5.49. The van der Waals surface area contributed by atoms with Gasteiger partial charge in [-0.3, -0.25) is 0 Å². The number of likely N-dealkylation sites (N-methyl/N-ethyl adjacent to an activating group) is 1. The van der Waals surface area contributed by atoms with Gasteiger partial charge in [-0.25, -0.2) is 4.98 Å². The number of aromatic nitrogens is 2. The van der Waals surface area contributed by atoms with Crippen LogP contribution in [0.15, 0.2) is 54.7 Å². The Morgan fingerprint density at radius 2 is 1.48 bits per heavy atom. The van der Waals surface area contributed by atoms with Gasteiger partial charge in [0.25, 0.3) is 0 Å². The van der Waals surface area contributed by atoms with Crippen molar-refractivity contribution >= 4 is 40.4 Å². The van der Waals surface area contributed by atoms with Crippen molar-refractivity contribution in [2.45, 2.75) is 19.8 Å². The number of hydrogen-bond donors (Lipinski definition) is 2. The van der Waals surface area contributed by atoms with E-state index in [9.17, 15) is 0 Å². The van der Waals surface area contributed by atoms with Crippen LogP contribution in [-0.4, -0.2) is 48.1 Å². The molecule has 2 heterocycles. The van der Waals surface area contributed by atoms with Gasteiger partial charge in [-0.05, 0) is 54.9 Å². The number of piperazine rings is 1. The summed E-state index contributed by atoms with van der Waals surface area (Å²) >= 11 is 6.32. The number of hydrogen-bond acceptors (Lipinski definition) is 6. The minimum Gasteiger partial charge on any atom is -0.369 e. The van der Waals surface area contributed by atoms with E-state index in [1.807, 2.05) is 12.1 Å². The first-order valence-electron chi connectivity index (χ1n) is 10.7. The van der Waals surface area contributed by atoms with Crippen molar-refractivity contribution in [3.63, 3.8) is 0 Å². The first-order valence-corrected chi connectivity index (χ1v) is 11.1. The predicted molar refractivity (Wildman–Crippen MR) is 130 cm³/mol. The van der Waals surface area contributed by atoms with Crippen LogP contribution < -0.4 is 15.5 Å². The zero-order valence-corrected chi connectivity index (χ0v) is 19.0. The first kappa shape index (κ1) is 21.4.